The molecular formula is C28H39F3INOSi. The van der Waals surface area contributed by atoms with Gasteiger partial charge >= 0.3 is 6.18 Å². The van der Waals surface area contributed by atoms with Crippen molar-refractivity contribution in [1.82, 2.24) is 4.98 Å². The Morgan fingerprint density at radius 1 is 1.11 bits per heavy atom. The SMILES string of the molecule is CC(C)c1nc2c(c(I)c1Cc1ccc(C(F)(F)F)cc1)[C@@H](O[Si](C)(C)C(C)(C)C)CC(C)(C)C2. The summed E-state index contributed by atoms with van der Waals surface area (Å²) in [6.07, 6.45) is -1.96. The number of halogens is 4. The summed E-state index contributed by atoms with van der Waals surface area (Å²) in [5.41, 5.74) is 4.79. The molecule has 0 saturated carbocycles. The van der Waals surface area contributed by atoms with Crippen molar-refractivity contribution >= 4 is 30.9 Å². The lowest BCUT2D eigenvalue weighted by Gasteiger charge is -2.44. The second-order valence-electron chi connectivity index (χ2n) is 12.6. The van der Waals surface area contributed by atoms with Crippen molar-refractivity contribution in [1.29, 1.82) is 0 Å². The summed E-state index contributed by atoms with van der Waals surface area (Å²) in [6, 6.07) is 5.54. The molecule has 0 spiro atoms. The van der Waals surface area contributed by atoms with Gasteiger partial charge in [-0.1, -0.05) is 60.6 Å². The van der Waals surface area contributed by atoms with Crippen molar-refractivity contribution < 1.29 is 17.6 Å². The van der Waals surface area contributed by atoms with Crippen molar-refractivity contribution in [2.45, 2.75) is 104 Å². The van der Waals surface area contributed by atoms with Crippen molar-refractivity contribution in [2.24, 2.45) is 5.41 Å². The minimum absolute atomic E-state index is 0.0263. The Balaban J connectivity index is 2.12. The lowest BCUT2D eigenvalue weighted by Crippen LogP contribution is -2.44. The van der Waals surface area contributed by atoms with Crippen LogP contribution in [0.25, 0.3) is 0 Å². The number of alkyl halides is 3. The Morgan fingerprint density at radius 2 is 1.69 bits per heavy atom. The highest BCUT2D eigenvalue weighted by Crippen LogP contribution is 2.49. The van der Waals surface area contributed by atoms with Crippen LogP contribution in [0.4, 0.5) is 13.2 Å². The highest BCUT2D eigenvalue weighted by atomic mass is 127. The van der Waals surface area contributed by atoms with Crippen molar-refractivity contribution in [3.05, 3.63) is 61.5 Å². The van der Waals surface area contributed by atoms with E-state index < -0.39 is 20.1 Å². The fourth-order valence-electron chi connectivity index (χ4n) is 4.56. The molecule has 194 valence electrons. The molecule has 1 aliphatic rings. The smallest absolute Gasteiger partial charge is 0.410 e. The highest BCUT2D eigenvalue weighted by Gasteiger charge is 2.44. The van der Waals surface area contributed by atoms with E-state index in [0.717, 1.165) is 38.9 Å². The van der Waals surface area contributed by atoms with Crippen LogP contribution < -0.4 is 0 Å². The van der Waals surface area contributed by atoms with Crippen molar-refractivity contribution in [3.8, 4) is 0 Å². The zero-order valence-corrected chi connectivity index (χ0v) is 25.6. The van der Waals surface area contributed by atoms with Gasteiger partial charge in [-0.05, 0) is 88.2 Å². The standard InChI is InChI=1S/C28H39F3INOSi/c1-17(2)25-20(14-18-10-12-19(13-11-18)28(29,30)31)24(32)23-21(33-25)15-27(6,7)16-22(23)34-35(8,9)26(3,4)5/h10-13,17,22H,14-16H2,1-9H3/t22-/m0/s1. The Kier molecular flexibility index (Phi) is 7.97. The second-order valence-corrected chi connectivity index (χ2v) is 18.4. The molecule has 0 radical (unpaired) electrons. The fourth-order valence-corrected chi connectivity index (χ4v) is 6.95. The van der Waals surface area contributed by atoms with E-state index in [1.54, 1.807) is 12.1 Å². The molecule has 2 aromatic rings. The summed E-state index contributed by atoms with van der Waals surface area (Å²) >= 11 is 2.44. The molecule has 0 saturated heterocycles. The van der Waals surface area contributed by atoms with E-state index in [2.05, 4.69) is 84.2 Å². The molecule has 0 amide bonds. The topological polar surface area (TPSA) is 22.1 Å². The first-order valence-corrected chi connectivity index (χ1v) is 16.4. The number of benzene rings is 1. The molecule has 1 aromatic heterocycles. The van der Waals surface area contributed by atoms with Gasteiger partial charge < -0.3 is 4.43 Å². The Labute approximate surface area is 223 Å². The van der Waals surface area contributed by atoms with Crippen LogP contribution in [0, 0.1) is 8.99 Å². The molecule has 35 heavy (non-hydrogen) atoms. The zero-order chi connectivity index (χ0) is 26.6. The maximum Gasteiger partial charge on any atom is 0.416 e. The average molecular weight is 618 g/mol. The first kappa shape index (κ1) is 28.6. The second kappa shape index (κ2) is 9.75. The molecule has 1 atom stereocenters. The van der Waals surface area contributed by atoms with Crippen LogP contribution in [0.3, 0.4) is 0 Å². The number of pyridine rings is 1. The molecule has 0 fully saturated rings. The molecule has 0 bridgehead atoms. The number of nitrogens with zero attached hydrogens (tertiary/aromatic N) is 1. The maximum absolute atomic E-state index is 13.1. The third kappa shape index (κ3) is 6.32. The van der Waals surface area contributed by atoms with Crippen LogP contribution in [0.2, 0.25) is 18.1 Å². The van der Waals surface area contributed by atoms with Crippen LogP contribution in [0.15, 0.2) is 24.3 Å². The molecule has 1 aliphatic carbocycles. The van der Waals surface area contributed by atoms with E-state index >= 15 is 0 Å². The zero-order valence-electron chi connectivity index (χ0n) is 22.5. The summed E-state index contributed by atoms with van der Waals surface area (Å²) in [6.45, 7) is 20.2. The normalized spacial score (nSPS) is 18.6. The molecule has 1 aromatic carbocycles. The molecule has 0 aliphatic heterocycles. The monoisotopic (exact) mass is 617 g/mol. The summed E-state index contributed by atoms with van der Waals surface area (Å²) in [7, 11) is -2.04. The van der Waals surface area contributed by atoms with Gasteiger partial charge in [0, 0.05) is 26.9 Å². The maximum atomic E-state index is 13.1. The van der Waals surface area contributed by atoms with Crippen LogP contribution in [0.1, 0.15) is 101 Å². The predicted octanol–water partition coefficient (Wildman–Crippen LogP) is 9.45. The number of hydrogen-bond donors (Lipinski definition) is 0. The van der Waals surface area contributed by atoms with Gasteiger partial charge in [0.05, 0.1) is 11.7 Å². The first-order valence-electron chi connectivity index (χ1n) is 12.4. The van der Waals surface area contributed by atoms with Crippen molar-refractivity contribution in [2.75, 3.05) is 0 Å². The van der Waals surface area contributed by atoms with Crippen molar-refractivity contribution in [3.63, 3.8) is 0 Å². The molecule has 7 heteroatoms. The van der Waals surface area contributed by atoms with Gasteiger partial charge in [0.2, 0.25) is 0 Å². The number of hydrogen-bond acceptors (Lipinski definition) is 2. The first-order chi connectivity index (χ1) is 15.8. The highest BCUT2D eigenvalue weighted by molar-refractivity contribution is 14.1. The third-order valence-corrected chi connectivity index (χ3v) is 13.3. The van der Waals surface area contributed by atoms with Gasteiger partial charge in [0.15, 0.2) is 8.32 Å². The van der Waals surface area contributed by atoms with Gasteiger partial charge in [-0.2, -0.15) is 13.2 Å². The third-order valence-electron chi connectivity index (χ3n) is 7.53. The number of aromatic nitrogens is 1. The summed E-state index contributed by atoms with van der Waals surface area (Å²) in [4.78, 5) is 5.22. The van der Waals surface area contributed by atoms with Gasteiger partial charge in [0.1, 0.15) is 0 Å². The number of rotatable bonds is 5. The Hall–Kier alpha value is -0.933. The van der Waals surface area contributed by atoms with E-state index in [1.165, 1.54) is 17.7 Å². The quantitative estimate of drug-likeness (QED) is 0.246. The van der Waals surface area contributed by atoms with E-state index in [0.29, 0.717) is 6.42 Å². The molecule has 0 N–H and O–H groups in total. The Morgan fingerprint density at radius 3 is 2.17 bits per heavy atom. The summed E-state index contributed by atoms with van der Waals surface area (Å²) in [5.74, 6) is 0.211. The van der Waals surface area contributed by atoms with Gasteiger partial charge in [0.25, 0.3) is 0 Å². The molecular weight excluding hydrogens is 578 g/mol. The van der Waals surface area contributed by atoms with Gasteiger partial charge in [-0.15, -0.1) is 0 Å². The van der Waals surface area contributed by atoms with Crippen LogP contribution >= 0.6 is 22.6 Å². The van der Waals surface area contributed by atoms with E-state index in [4.69, 9.17) is 9.41 Å². The Bertz CT molecular complexity index is 1070. The predicted molar refractivity (Wildman–Crippen MR) is 148 cm³/mol. The van der Waals surface area contributed by atoms with E-state index in [1.807, 2.05) is 0 Å². The lowest BCUT2D eigenvalue weighted by molar-refractivity contribution is -0.137. The fraction of sp³-hybridized carbons (Fsp3) is 0.607. The minimum Gasteiger partial charge on any atom is -0.410 e. The van der Waals surface area contributed by atoms with Crippen LogP contribution in [-0.4, -0.2) is 13.3 Å². The number of fused-ring (bicyclic) bond motifs is 1. The van der Waals surface area contributed by atoms with Crippen LogP contribution in [0.5, 0.6) is 0 Å². The summed E-state index contributed by atoms with van der Waals surface area (Å²) in [5, 5.41) is 0.0918. The molecule has 2 nitrogen and oxygen atoms in total. The average Bonchev–Trinajstić information content (AvgIpc) is 2.67. The molecule has 0 unspecified atom stereocenters. The van der Waals surface area contributed by atoms with Gasteiger partial charge in [-0.25, -0.2) is 0 Å². The van der Waals surface area contributed by atoms with Gasteiger partial charge in [-0.3, -0.25) is 4.98 Å². The minimum atomic E-state index is -4.33. The van der Waals surface area contributed by atoms with E-state index in [9.17, 15) is 13.2 Å². The largest absolute Gasteiger partial charge is 0.416 e. The summed E-state index contributed by atoms with van der Waals surface area (Å²) < 4.78 is 47.4. The lowest BCUT2D eigenvalue weighted by atomic mass is 9.74. The molecule has 1 heterocycles. The van der Waals surface area contributed by atoms with E-state index in [-0.39, 0.29) is 22.5 Å². The van der Waals surface area contributed by atoms with Crippen LogP contribution in [-0.2, 0) is 23.4 Å². The molecule has 3 rings (SSSR count).